The Kier molecular flexibility index (Phi) is 5.45. The number of rotatable bonds is 4. The Morgan fingerprint density at radius 3 is 2.80 bits per heavy atom. The fourth-order valence-electron chi connectivity index (χ4n) is 5.16. The van der Waals surface area contributed by atoms with Crippen molar-refractivity contribution in [1.82, 2.24) is 23.9 Å². The molecule has 7 rings (SSSR count). The number of imidazole rings is 2. The minimum Gasteiger partial charge on any atom is -0.386 e. The summed E-state index contributed by atoms with van der Waals surface area (Å²) in [7, 11) is -0.132. The van der Waals surface area contributed by atoms with Crippen molar-refractivity contribution in [1.29, 1.82) is 0 Å². The zero-order chi connectivity index (χ0) is 23.5. The Labute approximate surface area is 206 Å². The molecule has 2 aliphatic heterocycles. The number of hydrogen-bond donors (Lipinski definition) is 2. The maximum Gasteiger partial charge on any atom is 0.287 e. The van der Waals surface area contributed by atoms with Crippen LogP contribution in [0.5, 0.6) is 0 Å². The van der Waals surface area contributed by atoms with Crippen LogP contribution in [0.15, 0.2) is 46.5 Å². The van der Waals surface area contributed by atoms with Gasteiger partial charge in [0.05, 0.1) is 12.3 Å². The second kappa shape index (κ2) is 8.69. The first-order valence-corrected chi connectivity index (χ1v) is 13.5. The van der Waals surface area contributed by atoms with Gasteiger partial charge in [0, 0.05) is 11.4 Å². The van der Waals surface area contributed by atoms with Gasteiger partial charge in [-0.3, -0.25) is 9.36 Å². The number of aliphatic hydroxyl groups excluding tert-OH is 1. The van der Waals surface area contributed by atoms with E-state index in [-0.39, 0.29) is 20.1 Å². The van der Waals surface area contributed by atoms with E-state index >= 15 is 0 Å². The average Bonchev–Trinajstić information content (AvgIpc) is 3.67. The van der Waals surface area contributed by atoms with Gasteiger partial charge in [-0.1, -0.05) is 54.9 Å². The molecule has 0 spiro atoms. The summed E-state index contributed by atoms with van der Waals surface area (Å²) in [6.45, 7) is 0.353. The quantitative estimate of drug-likeness (QED) is 0.400. The highest BCUT2D eigenvalue weighted by molar-refractivity contribution is 7.99. The number of aliphatic hydroxyl groups is 1. The summed E-state index contributed by atoms with van der Waals surface area (Å²) in [6.07, 6.45) is 3.73. The Morgan fingerprint density at radius 1 is 1.17 bits per heavy atom. The van der Waals surface area contributed by atoms with Gasteiger partial charge in [-0.05, 0) is 18.4 Å². The fourth-order valence-corrected chi connectivity index (χ4v) is 7.18. The molecule has 0 radical (unpaired) electrons. The first kappa shape index (κ1) is 22.0. The van der Waals surface area contributed by atoms with Crippen molar-refractivity contribution < 1.29 is 18.9 Å². The number of fused-ring (bicyclic) bond motifs is 3. The zero-order valence-electron chi connectivity index (χ0n) is 18.7. The molecular formula is C23H24N5O5PS. The van der Waals surface area contributed by atoms with Crippen molar-refractivity contribution >= 4 is 37.7 Å². The van der Waals surface area contributed by atoms with Crippen LogP contribution in [0.1, 0.15) is 31.9 Å². The molecule has 2 N–H and O–H groups in total. The number of nitrogens with zero attached hydrogens (tertiary/aromatic N) is 4. The predicted molar refractivity (Wildman–Crippen MR) is 132 cm³/mol. The van der Waals surface area contributed by atoms with Crippen LogP contribution in [0.2, 0.25) is 0 Å². The Hall–Kier alpha value is -2.27. The van der Waals surface area contributed by atoms with E-state index in [0.29, 0.717) is 28.4 Å². The molecule has 3 aliphatic rings. The van der Waals surface area contributed by atoms with Crippen molar-refractivity contribution in [2.45, 2.75) is 60.6 Å². The van der Waals surface area contributed by atoms with Crippen molar-refractivity contribution in [2.75, 3.05) is 6.61 Å². The normalized spacial score (nSPS) is 27.9. The molecule has 182 valence electrons. The zero-order valence-corrected chi connectivity index (χ0v) is 20.5. The maximum atomic E-state index is 13.6. The summed E-state index contributed by atoms with van der Waals surface area (Å²) in [4.78, 5) is 26.4. The number of H-pyrrole nitrogens is 1. The third-order valence-electron chi connectivity index (χ3n) is 6.93. The van der Waals surface area contributed by atoms with Crippen molar-refractivity contribution in [3.05, 3.63) is 46.9 Å². The Morgan fingerprint density at radius 2 is 2.00 bits per heavy atom. The van der Waals surface area contributed by atoms with E-state index in [1.807, 2.05) is 30.3 Å². The molecule has 0 amide bonds. The van der Waals surface area contributed by atoms with E-state index in [9.17, 15) is 9.90 Å². The summed E-state index contributed by atoms with van der Waals surface area (Å²) in [5.41, 5.74) is 2.12. The summed E-state index contributed by atoms with van der Waals surface area (Å²) in [6, 6.07) is 9.77. The number of aromatic amines is 1. The number of nitrogens with one attached hydrogen (secondary N) is 1. The van der Waals surface area contributed by atoms with Crippen LogP contribution in [-0.4, -0.2) is 59.2 Å². The van der Waals surface area contributed by atoms with E-state index in [0.717, 1.165) is 24.1 Å². The smallest absolute Gasteiger partial charge is 0.287 e. The second-order valence-corrected chi connectivity index (χ2v) is 11.1. The van der Waals surface area contributed by atoms with Gasteiger partial charge in [-0.2, -0.15) is 4.98 Å². The van der Waals surface area contributed by atoms with Crippen molar-refractivity contribution in [3.63, 3.8) is 0 Å². The topological polar surface area (TPSA) is 116 Å². The van der Waals surface area contributed by atoms with Gasteiger partial charge in [-0.15, -0.1) is 0 Å². The van der Waals surface area contributed by atoms with Crippen LogP contribution in [0.25, 0.3) is 28.2 Å². The first-order chi connectivity index (χ1) is 17.2. The SMILES string of the molecule is O=c1c2nc(SC3CCCC3)n([C@@H]3OC4COPO[C@H]4C3O)c2nc2[nH]c(-c3ccccc3)cn12. The van der Waals surface area contributed by atoms with Crippen LogP contribution in [0.4, 0.5) is 0 Å². The van der Waals surface area contributed by atoms with Crippen molar-refractivity contribution in [3.8, 4) is 11.3 Å². The van der Waals surface area contributed by atoms with E-state index in [4.69, 9.17) is 23.8 Å². The average molecular weight is 514 g/mol. The minimum atomic E-state index is -0.930. The number of benzene rings is 1. The lowest BCUT2D eigenvalue weighted by Crippen LogP contribution is -2.37. The maximum absolute atomic E-state index is 13.6. The largest absolute Gasteiger partial charge is 0.386 e. The van der Waals surface area contributed by atoms with E-state index in [1.54, 1.807) is 22.5 Å². The van der Waals surface area contributed by atoms with Gasteiger partial charge in [-0.25, -0.2) is 9.38 Å². The number of hydrogen-bond acceptors (Lipinski definition) is 8. The lowest BCUT2D eigenvalue weighted by Gasteiger charge is -2.24. The molecule has 35 heavy (non-hydrogen) atoms. The molecule has 3 fully saturated rings. The number of ether oxygens (including phenoxy) is 1. The van der Waals surface area contributed by atoms with Crippen LogP contribution in [0.3, 0.4) is 0 Å². The highest BCUT2D eigenvalue weighted by atomic mass is 32.2. The predicted octanol–water partition coefficient (Wildman–Crippen LogP) is 3.26. The lowest BCUT2D eigenvalue weighted by atomic mass is 10.1. The van der Waals surface area contributed by atoms with Gasteiger partial charge < -0.3 is 23.9 Å². The molecule has 4 aromatic rings. The van der Waals surface area contributed by atoms with Gasteiger partial charge in [0.25, 0.3) is 5.56 Å². The first-order valence-electron chi connectivity index (χ1n) is 11.8. The second-order valence-electron chi connectivity index (χ2n) is 9.14. The Bertz CT molecular complexity index is 1450. The summed E-state index contributed by atoms with van der Waals surface area (Å²) >= 11 is 1.64. The molecule has 3 aromatic heterocycles. The third kappa shape index (κ3) is 3.64. The summed E-state index contributed by atoms with van der Waals surface area (Å²) < 4.78 is 20.6. The molecule has 10 nitrogen and oxygen atoms in total. The fraction of sp³-hybridized carbons (Fsp3) is 0.435. The Balaban J connectivity index is 1.39. The van der Waals surface area contributed by atoms with Gasteiger partial charge in [0.2, 0.25) is 5.78 Å². The van der Waals surface area contributed by atoms with Gasteiger partial charge in [0.1, 0.15) is 18.3 Å². The molecule has 5 heterocycles. The van der Waals surface area contributed by atoms with Gasteiger partial charge >= 0.3 is 0 Å². The standard InChI is InChI=1S/C23H24N5O5PS/c29-17-18-15(11-31-34-33-18)32-21(17)28-19-16(25-23(28)35-13-8-4-5-9-13)20(30)27-10-14(24-22(27)26-19)12-6-2-1-3-7-12/h1-3,6-7,10,13,15,17-18,21,29,34H,4-5,8-9,11H2,(H,24,26)/t15?,17?,18-,21-/m1/s1. The van der Waals surface area contributed by atoms with Crippen LogP contribution in [0, 0.1) is 0 Å². The molecule has 1 aliphatic carbocycles. The molecule has 2 saturated heterocycles. The monoisotopic (exact) mass is 513 g/mol. The minimum absolute atomic E-state index is 0.132. The highest BCUT2D eigenvalue weighted by Gasteiger charge is 2.49. The highest BCUT2D eigenvalue weighted by Crippen LogP contribution is 2.43. The van der Waals surface area contributed by atoms with Crippen molar-refractivity contribution in [2.24, 2.45) is 0 Å². The van der Waals surface area contributed by atoms with Gasteiger partial charge in [0.15, 0.2) is 31.6 Å². The lowest BCUT2D eigenvalue weighted by molar-refractivity contribution is -0.0554. The number of thioether (sulfide) groups is 1. The molecule has 1 saturated carbocycles. The molecule has 12 heteroatoms. The van der Waals surface area contributed by atoms with E-state index in [1.165, 1.54) is 17.2 Å². The van der Waals surface area contributed by atoms with Crippen LogP contribution >= 0.6 is 20.8 Å². The molecule has 5 atom stereocenters. The van der Waals surface area contributed by atoms with Crippen LogP contribution < -0.4 is 5.56 Å². The summed E-state index contributed by atoms with van der Waals surface area (Å²) in [5.74, 6) is 0.408. The molecule has 0 bridgehead atoms. The molecule has 1 aromatic carbocycles. The van der Waals surface area contributed by atoms with Crippen LogP contribution in [-0.2, 0) is 13.8 Å². The van der Waals surface area contributed by atoms with E-state index in [2.05, 4.69) is 4.98 Å². The van der Waals surface area contributed by atoms with E-state index < -0.39 is 24.5 Å². The number of aromatic nitrogens is 5. The molecular weight excluding hydrogens is 489 g/mol. The third-order valence-corrected chi connectivity index (χ3v) is 8.89. The summed E-state index contributed by atoms with van der Waals surface area (Å²) in [5, 5.41) is 12.2. The molecule has 3 unspecified atom stereocenters.